The number of rotatable bonds is 2. The van der Waals surface area contributed by atoms with Crippen molar-refractivity contribution in [3.05, 3.63) is 0 Å². The van der Waals surface area contributed by atoms with Crippen molar-refractivity contribution >= 4 is 23.6 Å². The van der Waals surface area contributed by atoms with Gasteiger partial charge in [0.1, 0.15) is 18.1 Å². The normalized spacial score (nSPS) is 38.2. The number of piperidine rings is 1. The Hall–Kier alpha value is -2.63. The van der Waals surface area contributed by atoms with Crippen LogP contribution in [0.15, 0.2) is 0 Å². The Bertz CT molecular complexity index is 984. The maximum absolute atomic E-state index is 13.9. The first-order valence-corrected chi connectivity index (χ1v) is 14.3. The Balaban J connectivity index is 1.39. The van der Waals surface area contributed by atoms with Crippen molar-refractivity contribution in [3.63, 3.8) is 0 Å². The van der Waals surface area contributed by atoms with E-state index in [0.717, 1.165) is 51.4 Å². The van der Waals surface area contributed by atoms with Crippen molar-refractivity contribution in [3.8, 4) is 6.07 Å². The monoisotopic (exact) mass is 511 g/mol. The van der Waals surface area contributed by atoms with Crippen molar-refractivity contribution in [2.45, 2.75) is 96.2 Å². The molecule has 2 aliphatic carbocycles. The van der Waals surface area contributed by atoms with Crippen LogP contribution in [0, 0.1) is 46.3 Å². The highest BCUT2D eigenvalue weighted by atomic mass is 16.2. The highest BCUT2D eigenvalue weighted by Gasteiger charge is 2.69. The minimum absolute atomic E-state index is 0.0286. The van der Waals surface area contributed by atoms with Crippen molar-refractivity contribution in [2.24, 2.45) is 35.0 Å². The zero-order chi connectivity index (χ0) is 26.3. The second-order valence-corrected chi connectivity index (χ2v) is 12.6. The van der Waals surface area contributed by atoms with E-state index < -0.39 is 18.1 Å². The van der Waals surface area contributed by atoms with Gasteiger partial charge in [0.15, 0.2) is 0 Å². The number of nitrogens with one attached hydrogen (secondary N) is 3. The van der Waals surface area contributed by atoms with Crippen molar-refractivity contribution in [1.29, 1.82) is 5.26 Å². The summed E-state index contributed by atoms with van der Waals surface area (Å²) in [6, 6.07) is 0.0886. The molecule has 2 saturated carbocycles. The summed E-state index contributed by atoms with van der Waals surface area (Å²) in [4.78, 5) is 54.9. The smallest absolute Gasteiger partial charge is 0.245 e. The van der Waals surface area contributed by atoms with Crippen LogP contribution in [0.25, 0.3) is 0 Å². The third kappa shape index (κ3) is 4.96. The molecule has 4 amide bonds. The molecule has 0 aromatic carbocycles. The van der Waals surface area contributed by atoms with E-state index in [1.54, 1.807) is 4.90 Å². The van der Waals surface area contributed by atoms with Gasteiger partial charge in [-0.1, -0.05) is 46.0 Å². The molecule has 5 aliphatic rings. The number of amides is 4. The number of nitriles is 1. The zero-order valence-corrected chi connectivity index (χ0v) is 22.1. The number of carbonyl (C=O) groups excluding carboxylic acids is 4. The lowest BCUT2D eigenvalue weighted by Crippen LogP contribution is -2.57. The Morgan fingerprint density at radius 3 is 2.46 bits per heavy atom. The van der Waals surface area contributed by atoms with E-state index in [4.69, 9.17) is 0 Å². The molecule has 37 heavy (non-hydrogen) atoms. The standard InChI is InChI=1S/C28H41N5O4/c1-28(2)20-15-33-23(22(20)28)26(36)31-18(13-29)12-19-17(14-30-25(19)35)10-6-7-11-21(27(33)37)32-24(34)16-8-4-3-5-9-16/h16-23H,3-12,14-15H2,1-2H3,(H,30,35)(H,31,36)(H,32,34)/t17-,18-,19-,20-,21-,22-,23-/m0/s1. The van der Waals surface area contributed by atoms with Crippen LogP contribution in [0.1, 0.15) is 78.1 Å². The second-order valence-electron chi connectivity index (χ2n) is 12.6. The van der Waals surface area contributed by atoms with Gasteiger partial charge in [0, 0.05) is 24.9 Å². The lowest BCUT2D eigenvalue weighted by atomic mass is 9.85. The van der Waals surface area contributed by atoms with Crippen LogP contribution in [0.3, 0.4) is 0 Å². The van der Waals surface area contributed by atoms with Crippen LogP contribution in [0.4, 0.5) is 0 Å². The van der Waals surface area contributed by atoms with Crippen molar-refractivity contribution in [2.75, 3.05) is 13.1 Å². The fourth-order valence-electron chi connectivity index (χ4n) is 7.66. The van der Waals surface area contributed by atoms with E-state index in [9.17, 15) is 24.4 Å². The summed E-state index contributed by atoms with van der Waals surface area (Å²) in [6.07, 6.45) is 8.16. The summed E-state index contributed by atoms with van der Waals surface area (Å²) in [5, 5.41) is 18.7. The summed E-state index contributed by atoms with van der Waals surface area (Å²) in [7, 11) is 0. The molecule has 202 valence electrons. The lowest BCUT2D eigenvalue weighted by Gasteiger charge is -2.34. The predicted octanol–water partition coefficient (Wildman–Crippen LogP) is 1.87. The van der Waals surface area contributed by atoms with E-state index in [-0.39, 0.29) is 65.1 Å². The van der Waals surface area contributed by atoms with Gasteiger partial charge in [0.25, 0.3) is 0 Å². The van der Waals surface area contributed by atoms with E-state index in [2.05, 4.69) is 35.9 Å². The molecule has 0 aromatic heterocycles. The third-order valence-corrected chi connectivity index (χ3v) is 10.1. The molecule has 3 aliphatic heterocycles. The van der Waals surface area contributed by atoms with Gasteiger partial charge in [-0.15, -0.1) is 0 Å². The summed E-state index contributed by atoms with van der Waals surface area (Å²) in [5.74, 6) is -0.581. The fraction of sp³-hybridized carbons (Fsp3) is 0.821. The first-order valence-electron chi connectivity index (χ1n) is 14.3. The van der Waals surface area contributed by atoms with Crippen LogP contribution < -0.4 is 16.0 Å². The van der Waals surface area contributed by atoms with E-state index in [1.165, 1.54) is 0 Å². The molecule has 0 spiro atoms. The molecule has 3 saturated heterocycles. The van der Waals surface area contributed by atoms with Crippen LogP contribution in [0.2, 0.25) is 0 Å². The van der Waals surface area contributed by atoms with Gasteiger partial charge in [-0.05, 0) is 55.3 Å². The SMILES string of the molecule is CC1(C)[C@@H]2[C@H]3C(=O)N[C@H](C#N)C[C@@H]4C(=O)NC[C@@H]4CCCC[C@H](NC(=O)C4CCCCC4)C(=O)N3C[C@@H]21. The number of nitrogens with zero attached hydrogens (tertiary/aromatic N) is 2. The lowest BCUT2D eigenvalue weighted by molar-refractivity contribution is -0.144. The highest BCUT2D eigenvalue weighted by Crippen LogP contribution is 2.65. The molecule has 3 heterocycles. The first kappa shape index (κ1) is 26.0. The number of carbonyl (C=O) groups is 4. The van der Waals surface area contributed by atoms with Crippen LogP contribution >= 0.6 is 0 Å². The summed E-state index contributed by atoms with van der Waals surface area (Å²) in [5.41, 5.74) is -0.0519. The Morgan fingerprint density at radius 1 is 1.03 bits per heavy atom. The van der Waals surface area contributed by atoms with Gasteiger partial charge in [-0.25, -0.2) is 0 Å². The largest absolute Gasteiger partial charge is 0.356 e. The van der Waals surface area contributed by atoms with Crippen molar-refractivity contribution < 1.29 is 19.2 Å². The maximum Gasteiger partial charge on any atom is 0.245 e. The summed E-state index contributed by atoms with van der Waals surface area (Å²) in [6.45, 7) is 5.32. The third-order valence-electron chi connectivity index (χ3n) is 10.1. The van der Waals surface area contributed by atoms with Gasteiger partial charge >= 0.3 is 0 Å². The van der Waals surface area contributed by atoms with Crippen molar-refractivity contribution in [1.82, 2.24) is 20.9 Å². The first-order chi connectivity index (χ1) is 17.7. The average Bonchev–Trinajstić information content (AvgIpc) is 3.20. The molecule has 5 fully saturated rings. The van der Waals surface area contributed by atoms with Gasteiger partial charge in [0.05, 0.1) is 6.07 Å². The molecule has 5 rings (SSSR count). The summed E-state index contributed by atoms with van der Waals surface area (Å²) >= 11 is 0. The molecule has 0 unspecified atom stereocenters. The van der Waals surface area contributed by atoms with E-state index in [0.29, 0.717) is 19.5 Å². The fourth-order valence-corrected chi connectivity index (χ4v) is 7.66. The minimum atomic E-state index is -0.786. The molecular formula is C28H41N5O4. The maximum atomic E-state index is 13.9. The van der Waals surface area contributed by atoms with E-state index in [1.807, 2.05) is 0 Å². The highest BCUT2D eigenvalue weighted by molar-refractivity contribution is 5.94. The molecular weight excluding hydrogens is 470 g/mol. The van der Waals surface area contributed by atoms with Gasteiger partial charge in [-0.3, -0.25) is 19.2 Å². The van der Waals surface area contributed by atoms with Crippen LogP contribution in [0.5, 0.6) is 0 Å². The zero-order valence-electron chi connectivity index (χ0n) is 22.1. The van der Waals surface area contributed by atoms with Crippen LogP contribution in [-0.2, 0) is 19.2 Å². The van der Waals surface area contributed by atoms with E-state index >= 15 is 0 Å². The Labute approximate surface area is 219 Å². The molecule has 7 atom stereocenters. The van der Waals surface area contributed by atoms with Gasteiger partial charge in [0.2, 0.25) is 23.6 Å². The molecule has 9 nitrogen and oxygen atoms in total. The van der Waals surface area contributed by atoms with Gasteiger partial charge < -0.3 is 20.9 Å². The molecule has 3 N–H and O–H groups in total. The Kier molecular flexibility index (Phi) is 7.21. The molecule has 0 aromatic rings. The molecule has 9 heteroatoms. The topological polar surface area (TPSA) is 131 Å². The van der Waals surface area contributed by atoms with Crippen LogP contribution in [-0.4, -0.2) is 59.7 Å². The quantitative estimate of drug-likeness (QED) is 0.521. The predicted molar refractivity (Wildman–Crippen MR) is 135 cm³/mol. The average molecular weight is 512 g/mol. The summed E-state index contributed by atoms with van der Waals surface area (Å²) < 4.78 is 0. The Morgan fingerprint density at radius 2 is 1.73 bits per heavy atom. The molecule has 0 bridgehead atoms. The minimum Gasteiger partial charge on any atom is -0.356 e. The van der Waals surface area contributed by atoms with Gasteiger partial charge in [-0.2, -0.15) is 5.26 Å². The molecule has 0 radical (unpaired) electrons. The second kappa shape index (κ2) is 10.3. The number of hydrogen-bond acceptors (Lipinski definition) is 5. The number of hydrogen-bond donors (Lipinski definition) is 3. The number of fused-ring (bicyclic) bond motifs is 4.